The molecule has 2 rings (SSSR count). The maximum Gasteiger partial charge on any atom is 0.0506 e. The van der Waals surface area contributed by atoms with E-state index >= 15 is 0 Å². The summed E-state index contributed by atoms with van der Waals surface area (Å²) in [5.41, 5.74) is 0. The maximum atomic E-state index is 3.71. The van der Waals surface area contributed by atoms with Gasteiger partial charge in [0.05, 0.1) is 6.04 Å². The van der Waals surface area contributed by atoms with Crippen molar-refractivity contribution in [1.29, 1.82) is 0 Å². The number of thiophene rings is 1. The van der Waals surface area contributed by atoms with Gasteiger partial charge in [0.15, 0.2) is 0 Å². The molecular formula is C15H25NS2. The molecule has 1 N–H and O–H groups in total. The Kier molecular flexibility index (Phi) is 6.06. The van der Waals surface area contributed by atoms with Crippen LogP contribution < -0.4 is 5.32 Å². The molecule has 3 heteroatoms. The van der Waals surface area contributed by atoms with E-state index in [4.69, 9.17) is 0 Å². The largest absolute Gasteiger partial charge is 0.309 e. The smallest absolute Gasteiger partial charge is 0.0506 e. The Labute approximate surface area is 120 Å². The van der Waals surface area contributed by atoms with Gasteiger partial charge >= 0.3 is 0 Å². The van der Waals surface area contributed by atoms with Crippen molar-refractivity contribution in [1.82, 2.24) is 5.32 Å². The van der Waals surface area contributed by atoms with Crippen LogP contribution in [0.2, 0.25) is 0 Å². The topological polar surface area (TPSA) is 12.0 Å². The van der Waals surface area contributed by atoms with Crippen LogP contribution in [0, 0.1) is 6.92 Å². The van der Waals surface area contributed by atoms with Crippen molar-refractivity contribution in [2.45, 2.75) is 57.2 Å². The van der Waals surface area contributed by atoms with Gasteiger partial charge in [-0.15, -0.1) is 11.3 Å². The fraction of sp³-hybridized carbons (Fsp3) is 0.733. The second-order valence-electron chi connectivity index (χ2n) is 5.19. The molecule has 0 amide bonds. The zero-order valence-electron chi connectivity index (χ0n) is 11.6. The highest BCUT2D eigenvalue weighted by Gasteiger charge is 2.19. The number of hydrogen-bond donors (Lipinski definition) is 1. The molecular weight excluding hydrogens is 258 g/mol. The van der Waals surface area contributed by atoms with Gasteiger partial charge in [0.2, 0.25) is 0 Å². The minimum atomic E-state index is 0.564. The van der Waals surface area contributed by atoms with Gasteiger partial charge in [0.25, 0.3) is 0 Å². The van der Waals surface area contributed by atoms with E-state index < -0.39 is 0 Å². The lowest BCUT2D eigenvalue weighted by atomic mass is 10.2. The molecule has 1 heterocycles. The number of hydrogen-bond acceptors (Lipinski definition) is 3. The van der Waals surface area contributed by atoms with Gasteiger partial charge in [-0.1, -0.05) is 19.8 Å². The number of nitrogens with one attached hydrogen (secondary N) is 1. The molecule has 1 aromatic heterocycles. The van der Waals surface area contributed by atoms with E-state index in [1.54, 1.807) is 0 Å². The predicted molar refractivity (Wildman–Crippen MR) is 84.8 cm³/mol. The van der Waals surface area contributed by atoms with Crippen molar-refractivity contribution in [3.8, 4) is 0 Å². The molecule has 0 saturated heterocycles. The highest BCUT2D eigenvalue weighted by molar-refractivity contribution is 7.99. The van der Waals surface area contributed by atoms with Crippen LogP contribution in [-0.2, 0) is 0 Å². The number of aryl methyl sites for hydroxylation is 1. The first-order valence-electron chi connectivity index (χ1n) is 7.21. The number of rotatable bonds is 7. The molecule has 0 radical (unpaired) electrons. The Balaban J connectivity index is 1.87. The summed E-state index contributed by atoms with van der Waals surface area (Å²) >= 11 is 4.14. The highest BCUT2D eigenvalue weighted by Crippen LogP contribution is 2.33. The van der Waals surface area contributed by atoms with Crippen LogP contribution in [0.25, 0.3) is 0 Å². The molecule has 1 fully saturated rings. The fourth-order valence-corrected chi connectivity index (χ4v) is 4.98. The Hall–Kier alpha value is 0.01000. The van der Waals surface area contributed by atoms with E-state index in [1.165, 1.54) is 47.6 Å². The molecule has 1 aliphatic carbocycles. The van der Waals surface area contributed by atoms with Crippen LogP contribution in [0.1, 0.15) is 54.8 Å². The molecule has 18 heavy (non-hydrogen) atoms. The summed E-state index contributed by atoms with van der Waals surface area (Å²) < 4.78 is 0. The molecule has 1 atom stereocenters. The summed E-state index contributed by atoms with van der Waals surface area (Å²) in [6.07, 6.45) is 6.99. The van der Waals surface area contributed by atoms with Gasteiger partial charge in [-0.25, -0.2) is 0 Å². The van der Waals surface area contributed by atoms with Crippen molar-refractivity contribution >= 4 is 23.1 Å². The first-order chi connectivity index (χ1) is 8.79. The summed E-state index contributed by atoms with van der Waals surface area (Å²) in [6.45, 7) is 5.58. The standard InChI is InChI=1S/C15H25NS2/c1-3-10-16-14(15-9-8-12(2)18-15)11-17-13-6-4-5-7-13/h8-9,13-14,16H,3-7,10-11H2,1-2H3. The fourth-order valence-electron chi connectivity index (χ4n) is 2.49. The van der Waals surface area contributed by atoms with Crippen LogP contribution >= 0.6 is 23.1 Å². The van der Waals surface area contributed by atoms with Crippen molar-refractivity contribution < 1.29 is 0 Å². The zero-order chi connectivity index (χ0) is 12.8. The molecule has 1 nitrogen and oxygen atoms in total. The average molecular weight is 284 g/mol. The minimum Gasteiger partial charge on any atom is -0.309 e. The summed E-state index contributed by atoms with van der Waals surface area (Å²) in [5.74, 6) is 1.24. The van der Waals surface area contributed by atoms with Gasteiger partial charge in [-0.3, -0.25) is 0 Å². The van der Waals surface area contributed by atoms with E-state index in [1.807, 2.05) is 11.3 Å². The van der Waals surface area contributed by atoms with Crippen molar-refractivity contribution in [2.24, 2.45) is 0 Å². The third-order valence-electron chi connectivity index (χ3n) is 3.55. The monoisotopic (exact) mass is 283 g/mol. The molecule has 1 aromatic rings. The molecule has 1 saturated carbocycles. The molecule has 0 aromatic carbocycles. The Morgan fingerprint density at radius 2 is 2.17 bits per heavy atom. The lowest BCUT2D eigenvalue weighted by Crippen LogP contribution is -2.24. The SMILES string of the molecule is CCCNC(CSC1CCCC1)c1ccc(C)s1. The van der Waals surface area contributed by atoms with Gasteiger partial charge in [0.1, 0.15) is 0 Å². The van der Waals surface area contributed by atoms with E-state index in [-0.39, 0.29) is 0 Å². The van der Waals surface area contributed by atoms with E-state index in [0.717, 1.165) is 11.8 Å². The normalized spacial score (nSPS) is 18.3. The summed E-state index contributed by atoms with van der Waals surface area (Å²) in [5, 5.41) is 4.64. The van der Waals surface area contributed by atoms with Crippen LogP contribution in [0.3, 0.4) is 0 Å². The van der Waals surface area contributed by atoms with E-state index in [2.05, 4.69) is 43.1 Å². The van der Waals surface area contributed by atoms with E-state index in [9.17, 15) is 0 Å². The Morgan fingerprint density at radius 3 is 2.78 bits per heavy atom. The van der Waals surface area contributed by atoms with Gasteiger partial charge < -0.3 is 5.32 Å². The van der Waals surface area contributed by atoms with Crippen LogP contribution in [0.15, 0.2) is 12.1 Å². The third kappa shape index (κ3) is 4.29. The van der Waals surface area contributed by atoms with Crippen molar-refractivity contribution in [2.75, 3.05) is 12.3 Å². The quantitative estimate of drug-likeness (QED) is 0.773. The first-order valence-corrected chi connectivity index (χ1v) is 9.07. The average Bonchev–Trinajstić information content (AvgIpc) is 3.01. The molecule has 1 unspecified atom stereocenters. The summed E-state index contributed by atoms with van der Waals surface area (Å²) in [7, 11) is 0. The highest BCUT2D eigenvalue weighted by atomic mass is 32.2. The molecule has 0 bridgehead atoms. The lowest BCUT2D eigenvalue weighted by Gasteiger charge is -2.19. The Morgan fingerprint density at radius 1 is 1.39 bits per heavy atom. The lowest BCUT2D eigenvalue weighted by molar-refractivity contribution is 0.584. The third-order valence-corrected chi connectivity index (χ3v) is 6.13. The molecule has 1 aliphatic rings. The molecule has 0 aliphatic heterocycles. The minimum absolute atomic E-state index is 0.564. The van der Waals surface area contributed by atoms with Gasteiger partial charge in [-0.2, -0.15) is 11.8 Å². The van der Waals surface area contributed by atoms with Gasteiger partial charge in [-0.05, 0) is 44.9 Å². The zero-order valence-corrected chi connectivity index (χ0v) is 13.2. The van der Waals surface area contributed by atoms with Crippen LogP contribution in [0.4, 0.5) is 0 Å². The number of thioether (sulfide) groups is 1. The summed E-state index contributed by atoms with van der Waals surface area (Å²) in [6, 6.07) is 5.12. The first kappa shape index (κ1) is 14.4. The Bertz CT molecular complexity index is 342. The second-order valence-corrected chi connectivity index (χ2v) is 7.85. The van der Waals surface area contributed by atoms with Crippen molar-refractivity contribution in [3.05, 3.63) is 21.9 Å². The van der Waals surface area contributed by atoms with E-state index in [0.29, 0.717) is 6.04 Å². The predicted octanol–water partition coefficient (Wildman–Crippen LogP) is 4.77. The van der Waals surface area contributed by atoms with Crippen LogP contribution in [-0.4, -0.2) is 17.5 Å². The van der Waals surface area contributed by atoms with Crippen LogP contribution in [0.5, 0.6) is 0 Å². The molecule has 102 valence electrons. The van der Waals surface area contributed by atoms with Gasteiger partial charge in [0, 0.05) is 20.8 Å². The maximum absolute atomic E-state index is 3.71. The molecule has 0 spiro atoms. The summed E-state index contributed by atoms with van der Waals surface area (Å²) in [4.78, 5) is 2.95. The van der Waals surface area contributed by atoms with Crippen molar-refractivity contribution in [3.63, 3.8) is 0 Å². The second kappa shape index (κ2) is 7.56.